The Kier molecular flexibility index (Phi) is 3.43. The molecule has 0 saturated carbocycles. The molecule has 2 aromatic rings. The van der Waals surface area contributed by atoms with Crippen molar-refractivity contribution in [2.45, 2.75) is 13.5 Å². The van der Waals surface area contributed by atoms with Crippen molar-refractivity contribution in [2.75, 3.05) is 11.9 Å². The fourth-order valence-electron chi connectivity index (χ4n) is 1.72. The van der Waals surface area contributed by atoms with Crippen LogP contribution in [-0.2, 0) is 6.54 Å². The van der Waals surface area contributed by atoms with Crippen LogP contribution in [0.2, 0.25) is 0 Å². The molecule has 0 spiro atoms. The Morgan fingerprint density at radius 3 is 2.56 bits per heavy atom. The number of hydrogen-bond acceptors (Lipinski definition) is 4. The van der Waals surface area contributed by atoms with Gasteiger partial charge in [0.1, 0.15) is 11.6 Å². The molecule has 0 atom stereocenters. The van der Waals surface area contributed by atoms with Gasteiger partial charge in [0.15, 0.2) is 0 Å². The van der Waals surface area contributed by atoms with Crippen LogP contribution in [0.4, 0.5) is 11.5 Å². The zero-order chi connectivity index (χ0) is 13.1. The second-order valence-electron chi connectivity index (χ2n) is 4.12. The highest BCUT2D eigenvalue weighted by Gasteiger charge is 2.06. The molecule has 5 heteroatoms. The first-order chi connectivity index (χ1) is 8.60. The maximum Gasteiger partial charge on any atom is 0.252 e. The molecule has 3 N–H and O–H groups in total. The topological polar surface area (TPSA) is 75.0 Å². The predicted molar refractivity (Wildman–Crippen MR) is 72.0 cm³/mol. The number of nitrogens with zero attached hydrogens (tertiary/aromatic N) is 2. The van der Waals surface area contributed by atoms with Gasteiger partial charge in [-0.15, -0.1) is 0 Å². The number of hydrogen-bond donors (Lipinski definition) is 2. The molecule has 0 aliphatic heterocycles. The van der Waals surface area contributed by atoms with Gasteiger partial charge in [0.2, 0.25) is 0 Å². The van der Waals surface area contributed by atoms with E-state index in [-0.39, 0.29) is 5.56 Å². The van der Waals surface area contributed by atoms with Crippen LogP contribution in [0.3, 0.4) is 0 Å². The van der Waals surface area contributed by atoms with Crippen LogP contribution in [0, 0.1) is 6.92 Å². The van der Waals surface area contributed by atoms with Gasteiger partial charge < -0.3 is 15.6 Å². The van der Waals surface area contributed by atoms with E-state index in [4.69, 9.17) is 5.73 Å². The molecule has 1 aromatic carbocycles. The van der Waals surface area contributed by atoms with Crippen LogP contribution in [0.25, 0.3) is 0 Å². The van der Waals surface area contributed by atoms with Gasteiger partial charge in [-0.1, -0.05) is 12.1 Å². The van der Waals surface area contributed by atoms with E-state index in [1.54, 1.807) is 6.92 Å². The number of benzene rings is 1. The summed E-state index contributed by atoms with van der Waals surface area (Å²) in [5, 5.41) is 0. The van der Waals surface area contributed by atoms with Gasteiger partial charge >= 0.3 is 0 Å². The minimum Gasteiger partial charge on any atom is -0.329 e. The van der Waals surface area contributed by atoms with Gasteiger partial charge in [0.05, 0.1) is 0 Å². The summed E-state index contributed by atoms with van der Waals surface area (Å²) in [6.07, 6.45) is 0. The fourth-order valence-corrected chi connectivity index (χ4v) is 1.72. The summed E-state index contributed by atoms with van der Waals surface area (Å²) in [4.78, 5) is 20.2. The molecule has 0 saturated heterocycles. The number of nitrogens with one attached hydrogen (secondary N) is 1. The Balaban J connectivity index is 2.34. The normalized spacial score (nSPS) is 10.4. The molecular weight excluding hydrogens is 228 g/mol. The van der Waals surface area contributed by atoms with E-state index in [0.717, 1.165) is 11.3 Å². The van der Waals surface area contributed by atoms with Crippen molar-refractivity contribution >= 4 is 11.5 Å². The van der Waals surface area contributed by atoms with Crippen LogP contribution in [0.1, 0.15) is 11.4 Å². The van der Waals surface area contributed by atoms with E-state index in [1.165, 1.54) is 6.07 Å². The van der Waals surface area contributed by atoms with E-state index >= 15 is 0 Å². The van der Waals surface area contributed by atoms with Gasteiger partial charge in [-0.2, -0.15) is 0 Å². The van der Waals surface area contributed by atoms with E-state index < -0.39 is 0 Å². The molecule has 1 aromatic heterocycles. The van der Waals surface area contributed by atoms with Crippen LogP contribution >= 0.6 is 0 Å². The Morgan fingerprint density at radius 2 is 2.00 bits per heavy atom. The molecule has 0 aliphatic carbocycles. The number of rotatable bonds is 3. The molecule has 0 aliphatic rings. The number of aromatic nitrogens is 2. The first-order valence-electron chi connectivity index (χ1n) is 5.71. The lowest BCUT2D eigenvalue weighted by Crippen LogP contribution is -2.17. The molecule has 2 rings (SSSR count). The monoisotopic (exact) mass is 244 g/mol. The lowest BCUT2D eigenvalue weighted by Gasteiger charge is -2.18. The smallest absolute Gasteiger partial charge is 0.252 e. The zero-order valence-corrected chi connectivity index (χ0v) is 10.5. The average molecular weight is 244 g/mol. The van der Waals surface area contributed by atoms with E-state index in [1.807, 2.05) is 36.2 Å². The Hall–Kier alpha value is -2.14. The van der Waals surface area contributed by atoms with Gasteiger partial charge in [-0.05, 0) is 24.6 Å². The standard InChI is InChI=1S/C13H16N4O/c1-9-15-12(7-13(18)16-9)17(2)11-5-3-10(8-14)4-6-11/h3-7H,8,14H2,1-2H3,(H,15,16,18). The molecule has 18 heavy (non-hydrogen) atoms. The lowest BCUT2D eigenvalue weighted by molar-refractivity contribution is 0.986. The quantitative estimate of drug-likeness (QED) is 0.853. The van der Waals surface area contributed by atoms with E-state index in [9.17, 15) is 4.79 Å². The molecule has 0 radical (unpaired) electrons. The Morgan fingerprint density at radius 1 is 1.33 bits per heavy atom. The number of H-pyrrole nitrogens is 1. The molecule has 0 unspecified atom stereocenters. The maximum absolute atomic E-state index is 11.4. The largest absolute Gasteiger partial charge is 0.329 e. The third-order valence-corrected chi connectivity index (χ3v) is 2.75. The molecule has 0 bridgehead atoms. The average Bonchev–Trinajstić information content (AvgIpc) is 2.37. The van der Waals surface area contributed by atoms with Crippen molar-refractivity contribution in [1.82, 2.24) is 9.97 Å². The van der Waals surface area contributed by atoms with Gasteiger partial charge in [0, 0.05) is 25.3 Å². The number of aromatic amines is 1. The third kappa shape index (κ3) is 2.57. The van der Waals surface area contributed by atoms with Crippen molar-refractivity contribution in [1.29, 1.82) is 0 Å². The number of aryl methyl sites for hydroxylation is 1. The van der Waals surface area contributed by atoms with Crippen LogP contribution in [0.15, 0.2) is 35.1 Å². The predicted octanol–water partition coefficient (Wildman–Crippen LogP) is 1.30. The lowest BCUT2D eigenvalue weighted by atomic mass is 10.2. The highest BCUT2D eigenvalue weighted by molar-refractivity contribution is 5.59. The van der Waals surface area contributed by atoms with Gasteiger partial charge in [0.25, 0.3) is 5.56 Å². The molecule has 94 valence electrons. The summed E-state index contributed by atoms with van der Waals surface area (Å²) < 4.78 is 0. The minimum atomic E-state index is -0.150. The molecule has 5 nitrogen and oxygen atoms in total. The highest BCUT2D eigenvalue weighted by atomic mass is 16.1. The molecule has 0 fully saturated rings. The zero-order valence-electron chi connectivity index (χ0n) is 10.5. The van der Waals surface area contributed by atoms with Crippen molar-refractivity contribution in [3.05, 3.63) is 52.1 Å². The van der Waals surface area contributed by atoms with E-state index in [0.29, 0.717) is 18.2 Å². The van der Waals surface area contributed by atoms with Crippen LogP contribution < -0.4 is 16.2 Å². The molecule has 1 heterocycles. The van der Waals surface area contributed by atoms with Crippen molar-refractivity contribution in [3.8, 4) is 0 Å². The fraction of sp³-hybridized carbons (Fsp3) is 0.231. The summed E-state index contributed by atoms with van der Waals surface area (Å²) in [5.41, 5.74) is 7.44. The van der Waals surface area contributed by atoms with Crippen molar-refractivity contribution < 1.29 is 0 Å². The highest BCUT2D eigenvalue weighted by Crippen LogP contribution is 2.20. The van der Waals surface area contributed by atoms with Gasteiger partial charge in [-0.25, -0.2) is 4.98 Å². The Bertz CT molecular complexity index is 589. The first kappa shape index (κ1) is 12.3. The summed E-state index contributed by atoms with van der Waals surface area (Å²) in [6.45, 7) is 2.28. The molecule has 0 amide bonds. The Labute approximate surface area is 105 Å². The summed E-state index contributed by atoms with van der Waals surface area (Å²) in [6, 6.07) is 9.32. The van der Waals surface area contributed by atoms with E-state index in [2.05, 4.69) is 9.97 Å². The van der Waals surface area contributed by atoms with Crippen LogP contribution in [-0.4, -0.2) is 17.0 Å². The summed E-state index contributed by atoms with van der Waals surface area (Å²) in [5.74, 6) is 1.22. The first-order valence-corrected chi connectivity index (χ1v) is 5.71. The second-order valence-corrected chi connectivity index (χ2v) is 4.12. The summed E-state index contributed by atoms with van der Waals surface area (Å²) in [7, 11) is 1.87. The van der Waals surface area contributed by atoms with Crippen LogP contribution in [0.5, 0.6) is 0 Å². The van der Waals surface area contributed by atoms with Gasteiger partial charge in [-0.3, -0.25) is 4.79 Å². The number of anilines is 2. The minimum absolute atomic E-state index is 0.150. The number of nitrogens with two attached hydrogens (primary N) is 1. The third-order valence-electron chi connectivity index (χ3n) is 2.75. The maximum atomic E-state index is 11.4. The molecular formula is C13H16N4O. The van der Waals surface area contributed by atoms with Crippen molar-refractivity contribution in [3.63, 3.8) is 0 Å². The second kappa shape index (κ2) is 5.01. The SMILES string of the molecule is Cc1nc(N(C)c2ccc(CN)cc2)cc(=O)[nH]1. The summed E-state index contributed by atoms with van der Waals surface area (Å²) >= 11 is 0. The van der Waals surface area contributed by atoms with Crippen molar-refractivity contribution in [2.24, 2.45) is 5.73 Å².